The van der Waals surface area contributed by atoms with Gasteiger partial charge in [-0.3, -0.25) is 0 Å². The summed E-state index contributed by atoms with van der Waals surface area (Å²) in [6.45, 7) is 0. The summed E-state index contributed by atoms with van der Waals surface area (Å²) in [7, 11) is 0. The van der Waals surface area contributed by atoms with Gasteiger partial charge in [0.15, 0.2) is 0 Å². The Morgan fingerprint density at radius 3 is 2.19 bits per heavy atom. The van der Waals surface area contributed by atoms with Crippen LogP contribution in [0, 0.1) is 0 Å². The van der Waals surface area contributed by atoms with E-state index < -0.39 is 0 Å². The Hall–Kier alpha value is -3.31. The van der Waals surface area contributed by atoms with E-state index in [1.165, 1.54) is 0 Å². The summed E-state index contributed by atoms with van der Waals surface area (Å²) in [5.41, 5.74) is 4.56. The molecule has 3 aromatic heterocycles. The first-order valence-electron chi connectivity index (χ1n) is 8.31. The molecule has 26 heavy (non-hydrogen) atoms. The zero-order valence-electron chi connectivity index (χ0n) is 13.8. The second-order valence-corrected chi connectivity index (χ2v) is 6.86. The van der Waals surface area contributed by atoms with Crippen molar-refractivity contribution in [3.63, 3.8) is 0 Å². The fourth-order valence-corrected chi connectivity index (χ4v) is 3.75. The van der Waals surface area contributed by atoms with Crippen LogP contribution in [0.4, 0.5) is 0 Å². The van der Waals surface area contributed by atoms with Crippen molar-refractivity contribution in [3.8, 4) is 27.5 Å². The lowest BCUT2D eigenvalue weighted by molar-refractivity contribution is 0.895. The predicted molar refractivity (Wildman–Crippen MR) is 105 cm³/mol. The molecule has 124 valence electrons. The number of nitrogens with zero attached hydrogens (tertiary/aromatic N) is 4. The summed E-state index contributed by atoms with van der Waals surface area (Å²) in [4.78, 5) is 1.09. The smallest absolute Gasteiger partial charge is 0.123 e. The number of thiophene rings is 1. The van der Waals surface area contributed by atoms with Crippen molar-refractivity contribution in [3.05, 3.63) is 84.4 Å². The second-order valence-electron chi connectivity index (χ2n) is 5.91. The van der Waals surface area contributed by atoms with Crippen LogP contribution in [0.2, 0.25) is 0 Å². The van der Waals surface area contributed by atoms with Gasteiger partial charge in [-0.05, 0) is 23.6 Å². The molecule has 0 saturated carbocycles. The minimum atomic E-state index is 0.801. The van der Waals surface area contributed by atoms with Crippen LogP contribution in [0.5, 0.6) is 0 Å². The molecule has 2 aromatic carbocycles. The molecule has 0 aliphatic rings. The molecule has 0 spiro atoms. The maximum atomic E-state index is 4.85. The van der Waals surface area contributed by atoms with Gasteiger partial charge in [-0.2, -0.15) is 5.10 Å². The average Bonchev–Trinajstić information content (AvgIpc) is 3.39. The third-order valence-corrected chi connectivity index (χ3v) is 5.14. The molecular weight excluding hydrogens is 340 g/mol. The predicted octanol–water partition coefficient (Wildman–Crippen LogP) is 5.21. The lowest BCUT2D eigenvalue weighted by Crippen LogP contribution is -1.94. The van der Waals surface area contributed by atoms with Gasteiger partial charge in [-0.25, -0.2) is 4.68 Å². The van der Waals surface area contributed by atoms with Crippen molar-refractivity contribution in [2.75, 3.05) is 0 Å². The fourth-order valence-electron chi connectivity index (χ4n) is 3.02. The van der Waals surface area contributed by atoms with Crippen molar-refractivity contribution < 1.29 is 0 Å². The van der Waals surface area contributed by atoms with E-state index in [9.17, 15) is 0 Å². The number of rotatable bonds is 3. The van der Waals surface area contributed by atoms with Gasteiger partial charge < -0.3 is 0 Å². The number of benzene rings is 2. The zero-order chi connectivity index (χ0) is 17.3. The maximum absolute atomic E-state index is 4.85. The lowest BCUT2D eigenvalue weighted by Gasteiger charge is -2.03. The number of hydrogen-bond acceptors (Lipinski definition) is 4. The third kappa shape index (κ3) is 2.50. The van der Waals surface area contributed by atoms with Crippen LogP contribution in [0.3, 0.4) is 0 Å². The number of para-hydroxylation sites is 1. The molecule has 5 aromatic rings. The van der Waals surface area contributed by atoms with Crippen LogP contribution in [0.25, 0.3) is 38.4 Å². The largest absolute Gasteiger partial charge is 0.240 e. The normalized spacial score (nSPS) is 11.1. The highest BCUT2D eigenvalue weighted by molar-refractivity contribution is 7.13. The molecular formula is C21H14N4S. The first-order chi connectivity index (χ1) is 12.9. The monoisotopic (exact) mass is 354 g/mol. The molecule has 0 radical (unpaired) electrons. The highest BCUT2D eigenvalue weighted by Gasteiger charge is 2.17. The highest BCUT2D eigenvalue weighted by atomic mass is 32.1. The number of aromatic nitrogens is 4. The Labute approximate surface area is 154 Å². The summed E-state index contributed by atoms with van der Waals surface area (Å²) in [6.07, 6.45) is 2.04. The van der Waals surface area contributed by atoms with E-state index in [4.69, 9.17) is 5.10 Å². The van der Waals surface area contributed by atoms with Gasteiger partial charge in [0.1, 0.15) is 16.9 Å². The molecule has 0 fully saturated rings. The highest BCUT2D eigenvalue weighted by Crippen LogP contribution is 2.33. The van der Waals surface area contributed by atoms with Gasteiger partial charge >= 0.3 is 0 Å². The molecule has 0 bridgehead atoms. The first-order valence-corrected chi connectivity index (χ1v) is 9.19. The van der Waals surface area contributed by atoms with Crippen LogP contribution >= 0.6 is 11.3 Å². The summed E-state index contributed by atoms with van der Waals surface area (Å²) in [5, 5.41) is 17.0. The molecule has 4 nitrogen and oxygen atoms in total. The van der Waals surface area contributed by atoms with Crippen LogP contribution in [0.1, 0.15) is 0 Å². The second kappa shape index (κ2) is 6.20. The summed E-state index contributed by atoms with van der Waals surface area (Å²) in [5.74, 6) is 0. The standard InChI is InChI=1S/C21H14N4S/c1-3-8-15(9-4-1)19-21-17(20(23-22-19)18-12-7-13-26-18)14-25(24-21)16-10-5-2-6-11-16/h1-14H. The minimum Gasteiger partial charge on any atom is -0.240 e. The average molecular weight is 354 g/mol. The number of fused-ring (bicyclic) bond motifs is 1. The quantitative estimate of drug-likeness (QED) is 0.447. The number of hydrogen-bond donors (Lipinski definition) is 0. The van der Waals surface area contributed by atoms with Crippen LogP contribution in [0.15, 0.2) is 84.4 Å². The Morgan fingerprint density at radius 2 is 1.46 bits per heavy atom. The maximum Gasteiger partial charge on any atom is 0.123 e. The Bertz CT molecular complexity index is 1160. The van der Waals surface area contributed by atoms with E-state index in [1.54, 1.807) is 11.3 Å². The SMILES string of the molecule is c1ccc(-c2nnc(-c3cccs3)c3cn(-c4ccccc4)nc23)cc1. The summed E-state index contributed by atoms with van der Waals surface area (Å²) >= 11 is 1.66. The zero-order valence-corrected chi connectivity index (χ0v) is 14.6. The van der Waals surface area contributed by atoms with Crippen molar-refractivity contribution in [1.82, 2.24) is 20.0 Å². The van der Waals surface area contributed by atoms with Crippen molar-refractivity contribution in [1.29, 1.82) is 0 Å². The Balaban J connectivity index is 1.80. The minimum absolute atomic E-state index is 0.801. The van der Waals surface area contributed by atoms with Crippen LogP contribution in [-0.4, -0.2) is 20.0 Å². The van der Waals surface area contributed by atoms with Crippen molar-refractivity contribution in [2.24, 2.45) is 0 Å². The molecule has 5 rings (SSSR count). The van der Waals surface area contributed by atoms with Gasteiger partial charge in [-0.15, -0.1) is 21.5 Å². The van der Waals surface area contributed by atoms with Crippen molar-refractivity contribution >= 4 is 22.2 Å². The molecule has 3 heterocycles. The van der Waals surface area contributed by atoms with Gasteiger partial charge in [0.2, 0.25) is 0 Å². The van der Waals surface area contributed by atoms with Gasteiger partial charge in [0.05, 0.1) is 16.0 Å². The summed E-state index contributed by atoms with van der Waals surface area (Å²) in [6, 6.07) is 24.3. The molecule has 0 atom stereocenters. The van der Waals surface area contributed by atoms with E-state index in [2.05, 4.69) is 21.6 Å². The molecule has 0 unspecified atom stereocenters. The van der Waals surface area contributed by atoms with Gasteiger partial charge in [0, 0.05) is 11.8 Å². The molecule has 0 aliphatic carbocycles. The fraction of sp³-hybridized carbons (Fsp3) is 0. The van der Waals surface area contributed by atoms with E-state index in [-0.39, 0.29) is 0 Å². The van der Waals surface area contributed by atoms with E-state index in [1.807, 2.05) is 77.6 Å². The third-order valence-electron chi connectivity index (χ3n) is 4.27. The van der Waals surface area contributed by atoms with Crippen LogP contribution < -0.4 is 0 Å². The van der Waals surface area contributed by atoms with E-state index >= 15 is 0 Å². The molecule has 0 amide bonds. The molecule has 5 heteroatoms. The first kappa shape index (κ1) is 15.0. The van der Waals surface area contributed by atoms with Gasteiger partial charge in [0.25, 0.3) is 0 Å². The Kier molecular flexibility index (Phi) is 3.57. The summed E-state index contributed by atoms with van der Waals surface area (Å²) < 4.78 is 1.90. The van der Waals surface area contributed by atoms with Crippen LogP contribution in [-0.2, 0) is 0 Å². The van der Waals surface area contributed by atoms with E-state index in [0.29, 0.717) is 0 Å². The molecule has 0 aliphatic heterocycles. The molecule has 0 N–H and O–H groups in total. The topological polar surface area (TPSA) is 43.6 Å². The van der Waals surface area contributed by atoms with Crippen molar-refractivity contribution in [2.45, 2.75) is 0 Å². The Morgan fingerprint density at radius 1 is 0.731 bits per heavy atom. The lowest BCUT2D eigenvalue weighted by atomic mass is 10.1. The van der Waals surface area contributed by atoms with Gasteiger partial charge in [-0.1, -0.05) is 54.6 Å². The molecule has 0 saturated heterocycles. The van der Waals surface area contributed by atoms with E-state index in [0.717, 1.165) is 38.4 Å².